The van der Waals surface area contributed by atoms with E-state index < -0.39 is 0 Å². The standard InChI is InChI=1S/C28H34FN5O2/c1-3-23-18-26(31(2)30-23)28(36)33-13-10-25-21(19-33)17-24(20-8-7-9-22(29)16-20)27(35)34(25)15-14-32-11-5-4-6-12-32/h7-9,16-18H,3-6,10-15,19H2,1-2H3. The van der Waals surface area contributed by atoms with Gasteiger partial charge >= 0.3 is 0 Å². The number of halogens is 1. The molecule has 0 aliphatic carbocycles. The molecule has 1 saturated heterocycles. The summed E-state index contributed by atoms with van der Waals surface area (Å²) < 4.78 is 17.6. The summed E-state index contributed by atoms with van der Waals surface area (Å²) in [5, 5.41) is 4.43. The van der Waals surface area contributed by atoms with Crippen molar-refractivity contribution >= 4 is 5.91 Å². The monoisotopic (exact) mass is 491 g/mol. The van der Waals surface area contributed by atoms with Gasteiger partial charge in [-0.1, -0.05) is 25.5 Å². The van der Waals surface area contributed by atoms with E-state index in [1.54, 1.807) is 23.9 Å². The first-order valence-corrected chi connectivity index (χ1v) is 13.0. The Balaban J connectivity index is 1.50. The van der Waals surface area contributed by atoms with Crippen molar-refractivity contribution in [1.82, 2.24) is 24.1 Å². The fourth-order valence-corrected chi connectivity index (χ4v) is 5.48. The highest BCUT2D eigenvalue weighted by Gasteiger charge is 2.28. The Bertz CT molecular complexity index is 1320. The van der Waals surface area contributed by atoms with Crippen LogP contribution < -0.4 is 5.56 Å². The number of hydrogen-bond acceptors (Lipinski definition) is 4. The second-order valence-electron chi connectivity index (χ2n) is 9.87. The Morgan fingerprint density at radius 3 is 2.58 bits per heavy atom. The average Bonchev–Trinajstić information content (AvgIpc) is 3.28. The minimum Gasteiger partial charge on any atom is -0.333 e. The summed E-state index contributed by atoms with van der Waals surface area (Å²) in [5.74, 6) is -0.432. The number of piperidine rings is 1. The maximum Gasteiger partial charge on any atom is 0.272 e. The number of carbonyl (C=O) groups is 1. The van der Waals surface area contributed by atoms with Gasteiger partial charge in [-0.2, -0.15) is 5.10 Å². The highest BCUT2D eigenvalue weighted by molar-refractivity contribution is 5.92. The van der Waals surface area contributed by atoms with Crippen LogP contribution in [0.25, 0.3) is 11.1 Å². The van der Waals surface area contributed by atoms with E-state index in [0.29, 0.717) is 42.9 Å². The zero-order valence-corrected chi connectivity index (χ0v) is 21.2. The van der Waals surface area contributed by atoms with Crippen molar-refractivity contribution in [3.8, 4) is 11.1 Å². The second kappa shape index (κ2) is 10.4. The van der Waals surface area contributed by atoms with Crippen molar-refractivity contribution in [2.75, 3.05) is 26.2 Å². The van der Waals surface area contributed by atoms with Crippen LogP contribution in [0.1, 0.15) is 53.6 Å². The van der Waals surface area contributed by atoms with Crippen LogP contribution in [0.3, 0.4) is 0 Å². The van der Waals surface area contributed by atoms with Crippen molar-refractivity contribution < 1.29 is 9.18 Å². The summed E-state index contributed by atoms with van der Waals surface area (Å²) in [5.41, 5.74) is 4.35. The molecular weight excluding hydrogens is 457 g/mol. The van der Waals surface area contributed by atoms with Gasteiger partial charge in [0.25, 0.3) is 11.5 Å². The predicted octanol–water partition coefficient (Wildman–Crippen LogP) is 3.63. The summed E-state index contributed by atoms with van der Waals surface area (Å²) in [6.07, 6.45) is 5.03. The molecule has 0 saturated carbocycles. The molecule has 1 fully saturated rings. The lowest BCUT2D eigenvalue weighted by atomic mass is 9.98. The van der Waals surface area contributed by atoms with Crippen molar-refractivity contribution in [3.63, 3.8) is 0 Å². The molecule has 190 valence electrons. The number of amides is 1. The van der Waals surface area contributed by atoms with Gasteiger partial charge in [-0.15, -0.1) is 0 Å². The first kappa shape index (κ1) is 24.4. The lowest BCUT2D eigenvalue weighted by Gasteiger charge is -2.32. The van der Waals surface area contributed by atoms with Gasteiger partial charge in [0.2, 0.25) is 0 Å². The number of likely N-dealkylation sites (tertiary alicyclic amines) is 1. The molecule has 2 aliphatic rings. The number of rotatable bonds is 6. The maximum absolute atomic E-state index is 14.1. The molecule has 0 spiro atoms. The quantitative estimate of drug-likeness (QED) is 0.528. The van der Waals surface area contributed by atoms with Crippen LogP contribution in [0.5, 0.6) is 0 Å². The lowest BCUT2D eigenvalue weighted by Crippen LogP contribution is -2.41. The molecule has 3 aromatic rings. The van der Waals surface area contributed by atoms with Crippen molar-refractivity contribution in [2.45, 2.75) is 52.1 Å². The third-order valence-electron chi connectivity index (χ3n) is 7.49. The smallest absolute Gasteiger partial charge is 0.272 e. The molecule has 0 atom stereocenters. The van der Waals surface area contributed by atoms with Gasteiger partial charge in [0.15, 0.2) is 0 Å². The fraction of sp³-hybridized carbons (Fsp3) is 0.464. The highest BCUT2D eigenvalue weighted by Crippen LogP contribution is 2.25. The van der Waals surface area contributed by atoms with Gasteiger partial charge in [0.1, 0.15) is 11.5 Å². The number of hydrogen-bond donors (Lipinski definition) is 0. The SMILES string of the molecule is CCc1cc(C(=O)N2CCc3c(cc(-c4cccc(F)c4)c(=O)n3CCN3CCCCC3)C2)n(C)n1. The van der Waals surface area contributed by atoms with Crippen LogP contribution in [0.15, 0.2) is 41.2 Å². The molecule has 2 aliphatic heterocycles. The first-order valence-electron chi connectivity index (χ1n) is 13.0. The van der Waals surface area contributed by atoms with Crippen molar-refractivity contribution in [1.29, 1.82) is 0 Å². The molecule has 2 aromatic heterocycles. The highest BCUT2D eigenvalue weighted by atomic mass is 19.1. The van der Waals surface area contributed by atoms with E-state index in [1.165, 1.54) is 31.4 Å². The Morgan fingerprint density at radius 2 is 1.86 bits per heavy atom. The summed E-state index contributed by atoms with van der Waals surface area (Å²) in [6.45, 7) is 6.51. The second-order valence-corrected chi connectivity index (χ2v) is 9.87. The topological polar surface area (TPSA) is 63.4 Å². The average molecular weight is 492 g/mol. The Hall–Kier alpha value is -3.26. The predicted molar refractivity (Wildman–Crippen MR) is 137 cm³/mol. The number of aryl methyl sites for hydroxylation is 2. The van der Waals surface area contributed by atoms with E-state index >= 15 is 0 Å². The molecule has 8 heteroatoms. The molecule has 36 heavy (non-hydrogen) atoms. The van der Waals surface area contributed by atoms with Gasteiger partial charge in [0, 0.05) is 50.9 Å². The van der Waals surface area contributed by atoms with E-state index in [9.17, 15) is 14.0 Å². The molecule has 0 N–H and O–H groups in total. The molecule has 1 aromatic carbocycles. The molecule has 7 nitrogen and oxygen atoms in total. The lowest BCUT2D eigenvalue weighted by molar-refractivity contribution is 0.0720. The zero-order valence-electron chi connectivity index (χ0n) is 21.2. The minimum absolute atomic E-state index is 0.0614. The molecule has 0 bridgehead atoms. The van der Waals surface area contributed by atoms with Gasteiger partial charge in [0.05, 0.1) is 5.69 Å². The molecule has 0 unspecified atom stereocenters. The third kappa shape index (κ3) is 4.87. The normalized spacial score (nSPS) is 16.2. The van der Waals surface area contributed by atoms with E-state index in [1.807, 2.05) is 28.5 Å². The summed E-state index contributed by atoms with van der Waals surface area (Å²) >= 11 is 0. The van der Waals surface area contributed by atoms with Crippen LogP contribution >= 0.6 is 0 Å². The third-order valence-corrected chi connectivity index (χ3v) is 7.49. The first-order chi connectivity index (χ1) is 17.4. The number of pyridine rings is 1. The molecule has 1 amide bonds. The van der Waals surface area contributed by atoms with E-state index in [-0.39, 0.29) is 17.3 Å². The minimum atomic E-state index is -0.371. The van der Waals surface area contributed by atoms with E-state index in [4.69, 9.17) is 0 Å². The summed E-state index contributed by atoms with van der Waals surface area (Å²) in [7, 11) is 1.80. The van der Waals surface area contributed by atoms with Gasteiger partial charge in [-0.25, -0.2) is 4.39 Å². The van der Waals surface area contributed by atoms with Gasteiger partial charge in [-0.05, 0) is 67.7 Å². The van der Waals surface area contributed by atoms with Gasteiger partial charge < -0.3 is 14.4 Å². The van der Waals surface area contributed by atoms with E-state index in [0.717, 1.165) is 43.0 Å². The number of aromatic nitrogens is 3. The maximum atomic E-state index is 14.1. The van der Waals surface area contributed by atoms with Crippen LogP contribution in [0.2, 0.25) is 0 Å². The van der Waals surface area contributed by atoms with Crippen LogP contribution in [-0.4, -0.2) is 56.2 Å². The van der Waals surface area contributed by atoms with Gasteiger partial charge in [-0.3, -0.25) is 14.3 Å². The Kier molecular flexibility index (Phi) is 7.05. The Labute approximate surface area is 211 Å². The van der Waals surface area contributed by atoms with E-state index in [2.05, 4.69) is 10.00 Å². The fourth-order valence-electron chi connectivity index (χ4n) is 5.48. The zero-order chi connectivity index (χ0) is 25.2. The number of fused-ring (bicyclic) bond motifs is 1. The summed E-state index contributed by atoms with van der Waals surface area (Å²) in [6, 6.07) is 9.92. The number of benzene rings is 1. The number of carbonyl (C=O) groups excluding carboxylic acids is 1. The van der Waals surface area contributed by atoms with Crippen LogP contribution in [0.4, 0.5) is 4.39 Å². The molecule has 5 rings (SSSR count). The molecule has 4 heterocycles. The number of nitrogens with zero attached hydrogens (tertiary/aromatic N) is 5. The largest absolute Gasteiger partial charge is 0.333 e. The van der Waals surface area contributed by atoms with Crippen molar-refractivity contribution in [3.05, 3.63) is 75.2 Å². The van der Waals surface area contributed by atoms with Crippen LogP contribution in [0, 0.1) is 5.82 Å². The molecular formula is C28H34FN5O2. The summed E-state index contributed by atoms with van der Waals surface area (Å²) in [4.78, 5) is 31.3. The molecule has 0 radical (unpaired) electrons. The Morgan fingerprint density at radius 1 is 1.06 bits per heavy atom. The van der Waals surface area contributed by atoms with Crippen LogP contribution in [-0.2, 0) is 33.0 Å². The van der Waals surface area contributed by atoms with Crippen molar-refractivity contribution in [2.24, 2.45) is 7.05 Å².